The first kappa shape index (κ1) is 24.5. The monoisotopic (exact) mass is 442 g/mol. The lowest BCUT2D eigenvalue weighted by molar-refractivity contribution is 0.110. The molecule has 3 rings (SSSR count). The Balaban J connectivity index is 1.59. The molecular formula is C26H38N2O4. The largest absolute Gasteiger partial charge is 0.497 e. The summed E-state index contributed by atoms with van der Waals surface area (Å²) >= 11 is 0. The van der Waals surface area contributed by atoms with Gasteiger partial charge in [0, 0.05) is 52.9 Å². The molecule has 0 spiro atoms. The van der Waals surface area contributed by atoms with Gasteiger partial charge in [-0.05, 0) is 54.4 Å². The summed E-state index contributed by atoms with van der Waals surface area (Å²) in [4.78, 5) is 4.74. The zero-order chi connectivity index (χ0) is 22.8. The summed E-state index contributed by atoms with van der Waals surface area (Å²) in [7, 11) is 7.37. The molecule has 1 aliphatic heterocycles. The Morgan fingerprint density at radius 2 is 1.56 bits per heavy atom. The molecule has 1 atom stereocenters. The van der Waals surface area contributed by atoms with Crippen molar-refractivity contribution in [2.45, 2.75) is 18.9 Å². The van der Waals surface area contributed by atoms with Gasteiger partial charge in [-0.1, -0.05) is 18.2 Å². The summed E-state index contributed by atoms with van der Waals surface area (Å²) in [6.45, 7) is 6.93. The Kier molecular flexibility index (Phi) is 9.81. The SMILES string of the molecule is COCCN(CCCOc1ccc2c(c1)CN(C)CC2c1ccc(OC)cc1)CCOC. The summed E-state index contributed by atoms with van der Waals surface area (Å²) < 4.78 is 21.9. The van der Waals surface area contributed by atoms with Gasteiger partial charge in [-0.25, -0.2) is 0 Å². The highest BCUT2D eigenvalue weighted by Crippen LogP contribution is 2.35. The lowest BCUT2D eigenvalue weighted by Gasteiger charge is -2.33. The van der Waals surface area contributed by atoms with Crippen LogP contribution in [-0.2, 0) is 16.0 Å². The maximum absolute atomic E-state index is 6.11. The fourth-order valence-corrected chi connectivity index (χ4v) is 4.29. The molecule has 0 fully saturated rings. The van der Waals surface area contributed by atoms with E-state index in [0.29, 0.717) is 12.5 Å². The van der Waals surface area contributed by atoms with Crippen molar-refractivity contribution in [1.29, 1.82) is 0 Å². The van der Waals surface area contributed by atoms with Gasteiger partial charge in [-0.2, -0.15) is 0 Å². The molecule has 0 aromatic heterocycles. The van der Waals surface area contributed by atoms with Crippen LogP contribution in [0.15, 0.2) is 42.5 Å². The maximum Gasteiger partial charge on any atom is 0.119 e. The van der Waals surface area contributed by atoms with E-state index in [1.54, 1.807) is 21.3 Å². The molecule has 2 aromatic rings. The van der Waals surface area contributed by atoms with E-state index < -0.39 is 0 Å². The molecule has 0 bridgehead atoms. The fraction of sp³-hybridized carbons (Fsp3) is 0.538. The lowest BCUT2D eigenvalue weighted by atomic mass is 9.84. The third-order valence-corrected chi connectivity index (χ3v) is 6.05. The molecule has 0 saturated carbocycles. The topological polar surface area (TPSA) is 43.4 Å². The molecule has 6 heteroatoms. The van der Waals surface area contributed by atoms with E-state index in [4.69, 9.17) is 18.9 Å². The van der Waals surface area contributed by atoms with Gasteiger partial charge in [0.2, 0.25) is 0 Å². The molecule has 0 N–H and O–H groups in total. The number of fused-ring (bicyclic) bond motifs is 1. The number of rotatable bonds is 13. The Labute approximate surface area is 193 Å². The molecule has 2 aromatic carbocycles. The molecule has 1 heterocycles. The molecule has 32 heavy (non-hydrogen) atoms. The zero-order valence-electron chi connectivity index (χ0n) is 20.0. The van der Waals surface area contributed by atoms with E-state index in [0.717, 1.165) is 63.9 Å². The second-order valence-corrected chi connectivity index (χ2v) is 8.41. The Hall–Kier alpha value is -2.12. The number of hydrogen-bond donors (Lipinski definition) is 0. The minimum Gasteiger partial charge on any atom is -0.497 e. The molecular weight excluding hydrogens is 404 g/mol. The zero-order valence-corrected chi connectivity index (χ0v) is 20.0. The molecule has 0 saturated heterocycles. The van der Waals surface area contributed by atoms with Gasteiger partial charge in [-0.15, -0.1) is 0 Å². The Morgan fingerprint density at radius 3 is 2.22 bits per heavy atom. The minimum absolute atomic E-state index is 0.360. The van der Waals surface area contributed by atoms with Crippen LogP contribution in [0.4, 0.5) is 0 Å². The van der Waals surface area contributed by atoms with Crippen LogP contribution >= 0.6 is 0 Å². The van der Waals surface area contributed by atoms with Gasteiger partial charge in [0.05, 0.1) is 26.9 Å². The van der Waals surface area contributed by atoms with Crippen molar-refractivity contribution in [2.24, 2.45) is 0 Å². The van der Waals surface area contributed by atoms with E-state index in [1.165, 1.54) is 16.7 Å². The van der Waals surface area contributed by atoms with Crippen molar-refractivity contribution in [3.8, 4) is 11.5 Å². The van der Waals surface area contributed by atoms with Crippen LogP contribution in [-0.4, -0.2) is 84.2 Å². The Morgan fingerprint density at radius 1 is 0.875 bits per heavy atom. The lowest BCUT2D eigenvalue weighted by Crippen LogP contribution is -2.32. The van der Waals surface area contributed by atoms with Gasteiger partial charge in [0.15, 0.2) is 0 Å². The normalized spacial score (nSPS) is 16.2. The molecule has 0 radical (unpaired) electrons. The van der Waals surface area contributed by atoms with Crippen LogP contribution in [0.25, 0.3) is 0 Å². The van der Waals surface area contributed by atoms with E-state index in [-0.39, 0.29) is 0 Å². The van der Waals surface area contributed by atoms with Crippen molar-refractivity contribution < 1.29 is 18.9 Å². The molecule has 0 amide bonds. The van der Waals surface area contributed by atoms with E-state index in [1.807, 2.05) is 12.1 Å². The van der Waals surface area contributed by atoms with E-state index in [2.05, 4.69) is 47.2 Å². The number of likely N-dealkylation sites (N-methyl/N-ethyl adjacent to an activating group) is 1. The third kappa shape index (κ3) is 6.94. The second-order valence-electron chi connectivity index (χ2n) is 8.41. The first-order chi connectivity index (χ1) is 15.6. The summed E-state index contributed by atoms with van der Waals surface area (Å²) in [5.41, 5.74) is 4.06. The first-order valence-electron chi connectivity index (χ1n) is 11.4. The predicted molar refractivity (Wildman–Crippen MR) is 128 cm³/mol. The summed E-state index contributed by atoms with van der Waals surface area (Å²) in [6.07, 6.45) is 0.971. The van der Waals surface area contributed by atoms with Crippen molar-refractivity contribution in [3.05, 3.63) is 59.2 Å². The van der Waals surface area contributed by atoms with E-state index >= 15 is 0 Å². The van der Waals surface area contributed by atoms with Gasteiger partial charge in [-0.3, -0.25) is 4.90 Å². The van der Waals surface area contributed by atoms with Crippen LogP contribution in [0.3, 0.4) is 0 Å². The highest BCUT2D eigenvalue weighted by Gasteiger charge is 2.25. The van der Waals surface area contributed by atoms with Gasteiger partial charge in [0.25, 0.3) is 0 Å². The summed E-state index contributed by atoms with van der Waals surface area (Å²) in [5, 5.41) is 0. The number of methoxy groups -OCH3 is 3. The van der Waals surface area contributed by atoms with Crippen LogP contribution in [0.5, 0.6) is 11.5 Å². The highest BCUT2D eigenvalue weighted by atomic mass is 16.5. The predicted octanol–water partition coefficient (Wildman–Crippen LogP) is 3.64. The van der Waals surface area contributed by atoms with Crippen LogP contribution in [0.1, 0.15) is 29.0 Å². The molecule has 1 aliphatic rings. The van der Waals surface area contributed by atoms with Crippen molar-refractivity contribution in [2.75, 3.05) is 74.4 Å². The number of benzene rings is 2. The van der Waals surface area contributed by atoms with Gasteiger partial charge in [0.1, 0.15) is 11.5 Å². The van der Waals surface area contributed by atoms with Gasteiger partial charge < -0.3 is 23.8 Å². The third-order valence-electron chi connectivity index (χ3n) is 6.05. The quantitative estimate of drug-likeness (QED) is 0.442. The minimum atomic E-state index is 0.360. The summed E-state index contributed by atoms with van der Waals surface area (Å²) in [6, 6.07) is 15.0. The highest BCUT2D eigenvalue weighted by molar-refractivity contribution is 5.45. The molecule has 0 aliphatic carbocycles. The summed E-state index contributed by atoms with van der Waals surface area (Å²) in [5.74, 6) is 2.21. The molecule has 6 nitrogen and oxygen atoms in total. The molecule has 1 unspecified atom stereocenters. The van der Waals surface area contributed by atoms with Crippen LogP contribution in [0, 0.1) is 0 Å². The van der Waals surface area contributed by atoms with Crippen molar-refractivity contribution in [1.82, 2.24) is 9.80 Å². The first-order valence-corrected chi connectivity index (χ1v) is 11.4. The average molecular weight is 443 g/mol. The second kappa shape index (κ2) is 12.8. The smallest absolute Gasteiger partial charge is 0.119 e. The van der Waals surface area contributed by atoms with Crippen molar-refractivity contribution in [3.63, 3.8) is 0 Å². The number of ether oxygens (including phenoxy) is 4. The van der Waals surface area contributed by atoms with Gasteiger partial charge >= 0.3 is 0 Å². The number of hydrogen-bond acceptors (Lipinski definition) is 6. The average Bonchev–Trinajstić information content (AvgIpc) is 2.82. The fourth-order valence-electron chi connectivity index (χ4n) is 4.29. The van der Waals surface area contributed by atoms with E-state index in [9.17, 15) is 0 Å². The molecule has 176 valence electrons. The standard InChI is InChI=1S/C26H38N2O4/c1-27-19-22-18-24(32-15-5-12-28(13-16-29-2)14-17-30-3)10-11-25(22)26(20-27)21-6-8-23(31-4)9-7-21/h6-11,18,26H,5,12-17,19-20H2,1-4H3. The van der Waals surface area contributed by atoms with Crippen LogP contribution in [0.2, 0.25) is 0 Å². The maximum atomic E-state index is 6.11. The van der Waals surface area contributed by atoms with Crippen molar-refractivity contribution >= 4 is 0 Å². The van der Waals surface area contributed by atoms with Crippen LogP contribution < -0.4 is 9.47 Å². The Bertz CT molecular complexity index is 804. The number of nitrogens with zero attached hydrogens (tertiary/aromatic N) is 2.